The highest BCUT2D eigenvalue weighted by Gasteiger charge is 2.06. The standard InChI is InChI=1S/C13H13ClFNO/c1-9(10-2-4-11(15)5-3-10)16-8-12-6-7-13(14)17-12/h2-7,9,16H,8H2,1H3/t9-/m1/s1. The Morgan fingerprint density at radius 2 is 1.94 bits per heavy atom. The Labute approximate surface area is 104 Å². The second kappa shape index (κ2) is 5.34. The molecule has 0 aliphatic heterocycles. The molecule has 0 radical (unpaired) electrons. The molecular formula is C13H13ClFNO. The van der Waals surface area contributed by atoms with E-state index < -0.39 is 0 Å². The topological polar surface area (TPSA) is 25.2 Å². The fourth-order valence-electron chi connectivity index (χ4n) is 1.57. The third kappa shape index (κ3) is 3.32. The van der Waals surface area contributed by atoms with Gasteiger partial charge in [-0.25, -0.2) is 4.39 Å². The van der Waals surface area contributed by atoms with Crippen LogP contribution in [0.25, 0.3) is 0 Å². The van der Waals surface area contributed by atoms with Crippen molar-refractivity contribution < 1.29 is 8.81 Å². The van der Waals surface area contributed by atoms with Gasteiger partial charge in [0.25, 0.3) is 0 Å². The Bertz CT molecular complexity index is 480. The normalized spacial score (nSPS) is 12.6. The Balaban J connectivity index is 1.93. The predicted octanol–water partition coefficient (Wildman–Crippen LogP) is 3.92. The molecule has 0 amide bonds. The molecule has 90 valence electrons. The summed E-state index contributed by atoms with van der Waals surface area (Å²) in [4.78, 5) is 0. The lowest BCUT2D eigenvalue weighted by Crippen LogP contribution is -2.17. The van der Waals surface area contributed by atoms with E-state index in [0.717, 1.165) is 11.3 Å². The number of hydrogen-bond donors (Lipinski definition) is 1. The molecule has 1 N–H and O–H groups in total. The minimum atomic E-state index is -0.223. The summed E-state index contributed by atoms with van der Waals surface area (Å²) in [6.45, 7) is 2.60. The van der Waals surface area contributed by atoms with Crippen LogP contribution in [0.5, 0.6) is 0 Å². The first-order valence-corrected chi connectivity index (χ1v) is 5.76. The Hall–Kier alpha value is -1.32. The van der Waals surface area contributed by atoms with Gasteiger partial charge in [-0.15, -0.1) is 0 Å². The SMILES string of the molecule is C[C@@H](NCc1ccc(Cl)o1)c1ccc(F)cc1. The molecule has 1 aromatic heterocycles. The maximum atomic E-state index is 12.8. The molecular weight excluding hydrogens is 241 g/mol. The molecule has 0 saturated carbocycles. The Morgan fingerprint density at radius 1 is 1.24 bits per heavy atom. The van der Waals surface area contributed by atoms with E-state index in [4.69, 9.17) is 16.0 Å². The third-order valence-electron chi connectivity index (χ3n) is 2.58. The molecule has 0 spiro atoms. The third-order valence-corrected chi connectivity index (χ3v) is 2.78. The second-order valence-corrected chi connectivity index (χ2v) is 4.23. The molecule has 0 aliphatic carbocycles. The monoisotopic (exact) mass is 253 g/mol. The molecule has 1 aromatic carbocycles. The van der Waals surface area contributed by atoms with Gasteiger partial charge >= 0.3 is 0 Å². The van der Waals surface area contributed by atoms with Crippen molar-refractivity contribution in [2.75, 3.05) is 0 Å². The quantitative estimate of drug-likeness (QED) is 0.893. The highest BCUT2D eigenvalue weighted by atomic mass is 35.5. The van der Waals surface area contributed by atoms with Gasteiger partial charge in [0.15, 0.2) is 5.22 Å². The molecule has 0 unspecified atom stereocenters. The summed E-state index contributed by atoms with van der Waals surface area (Å²) < 4.78 is 18.0. The minimum Gasteiger partial charge on any atom is -0.448 e. The number of nitrogens with one attached hydrogen (secondary N) is 1. The van der Waals surface area contributed by atoms with Crippen LogP contribution in [-0.4, -0.2) is 0 Å². The van der Waals surface area contributed by atoms with Crippen molar-refractivity contribution >= 4 is 11.6 Å². The molecule has 0 saturated heterocycles. The number of rotatable bonds is 4. The van der Waals surface area contributed by atoms with Crippen molar-refractivity contribution in [3.05, 3.63) is 58.8 Å². The van der Waals surface area contributed by atoms with E-state index in [-0.39, 0.29) is 11.9 Å². The summed E-state index contributed by atoms with van der Waals surface area (Å²) in [5.74, 6) is 0.558. The van der Waals surface area contributed by atoms with Crippen molar-refractivity contribution in [3.63, 3.8) is 0 Å². The van der Waals surface area contributed by atoms with Crippen LogP contribution in [0.2, 0.25) is 5.22 Å². The molecule has 0 fully saturated rings. The lowest BCUT2D eigenvalue weighted by molar-refractivity contribution is 0.461. The Kier molecular flexibility index (Phi) is 3.82. The summed E-state index contributed by atoms with van der Waals surface area (Å²) >= 11 is 5.67. The highest BCUT2D eigenvalue weighted by Crippen LogP contribution is 2.16. The minimum absolute atomic E-state index is 0.125. The van der Waals surface area contributed by atoms with Crippen LogP contribution < -0.4 is 5.32 Å². The molecule has 2 aromatic rings. The lowest BCUT2D eigenvalue weighted by Gasteiger charge is -2.13. The predicted molar refractivity (Wildman–Crippen MR) is 65.4 cm³/mol. The van der Waals surface area contributed by atoms with Gasteiger partial charge in [-0.05, 0) is 48.4 Å². The van der Waals surface area contributed by atoms with Crippen LogP contribution >= 0.6 is 11.6 Å². The van der Waals surface area contributed by atoms with E-state index in [1.165, 1.54) is 12.1 Å². The fourth-order valence-corrected chi connectivity index (χ4v) is 1.73. The highest BCUT2D eigenvalue weighted by molar-refractivity contribution is 6.28. The van der Waals surface area contributed by atoms with Gasteiger partial charge in [0.1, 0.15) is 11.6 Å². The van der Waals surface area contributed by atoms with E-state index in [1.54, 1.807) is 18.2 Å². The smallest absolute Gasteiger partial charge is 0.193 e. The van der Waals surface area contributed by atoms with Crippen molar-refractivity contribution in [1.82, 2.24) is 5.32 Å². The number of hydrogen-bond acceptors (Lipinski definition) is 2. The second-order valence-electron chi connectivity index (χ2n) is 3.86. The van der Waals surface area contributed by atoms with Gasteiger partial charge in [-0.3, -0.25) is 0 Å². The Morgan fingerprint density at radius 3 is 2.53 bits per heavy atom. The largest absolute Gasteiger partial charge is 0.448 e. The van der Waals surface area contributed by atoms with E-state index in [0.29, 0.717) is 11.8 Å². The van der Waals surface area contributed by atoms with Crippen LogP contribution in [-0.2, 0) is 6.54 Å². The van der Waals surface area contributed by atoms with Crippen LogP contribution in [0.1, 0.15) is 24.3 Å². The molecule has 1 atom stereocenters. The summed E-state index contributed by atoms with van der Waals surface area (Å²) in [5, 5.41) is 3.66. The van der Waals surface area contributed by atoms with E-state index in [1.807, 2.05) is 13.0 Å². The maximum Gasteiger partial charge on any atom is 0.193 e. The first-order chi connectivity index (χ1) is 8.15. The summed E-state index contributed by atoms with van der Waals surface area (Å²) in [6.07, 6.45) is 0. The van der Waals surface area contributed by atoms with Crippen LogP contribution in [0.4, 0.5) is 4.39 Å². The van der Waals surface area contributed by atoms with Crippen molar-refractivity contribution in [1.29, 1.82) is 0 Å². The number of furan rings is 1. The van der Waals surface area contributed by atoms with Gasteiger partial charge in [0, 0.05) is 6.04 Å². The van der Waals surface area contributed by atoms with E-state index in [2.05, 4.69) is 5.32 Å². The lowest BCUT2D eigenvalue weighted by atomic mass is 10.1. The first-order valence-electron chi connectivity index (χ1n) is 5.38. The average molecular weight is 254 g/mol. The van der Waals surface area contributed by atoms with E-state index >= 15 is 0 Å². The van der Waals surface area contributed by atoms with Gasteiger partial charge in [0.05, 0.1) is 6.54 Å². The van der Waals surface area contributed by atoms with Gasteiger partial charge in [-0.2, -0.15) is 0 Å². The molecule has 1 heterocycles. The first kappa shape index (κ1) is 12.1. The molecule has 17 heavy (non-hydrogen) atoms. The molecule has 0 bridgehead atoms. The molecule has 4 heteroatoms. The summed E-state index contributed by atoms with van der Waals surface area (Å²) in [7, 11) is 0. The fraction of sp³-hybridized carbons (Fsp3) is 0.231. The summed E-state index contributed by atoms with van der Waals surface area (Å²) in [6, 6.07) is 10.1. The zero-order chi connectivity index (χ0) is 12.3. The van der Waals surface area contributed by atoms with Crippen molar-refractivity contribution in [2.24, 2.45) is 0 Å². The van der Waals surface area contributed by atoms with Gasteiger partial charge < -0.3 is 9.73 Å². The molecule has 2 nitrogen and oxygen atoms in total. The number of benzene rings is 1. The zero-order valence-corrected chi connectivity index (χ0v) is 10.2. The van der Waals surface area contributed by atoms with E-state index in [9.17, 15) is 4.39 Å². The van der Waals surface area contributed by atoms with Crippen molar-refractivity contribution in [3.8, 4) is 0 Å². The molecule has 0 aliphatic rings. The van der Waals surface area contributed by atoms with Crippen LogP contribution in [0.3, 0.4) is 0 Å². The zero-order valence-electron chi connectivity index (χ0n) is 9.41. The van der Waals surface area contributed by atoms with Crippen LogP contribution in [0.15, 0.2) is 40.8 Å². The average Bonchev–Trinajstić information content (AvgIpc) is 2.73. The maximum absolute atomic E-state index is 12.8. The summed E-state index contributed by atoms with van der Waals surface area (Å²) in [5.41, 5.74) is 1.03. The van der Waals surface area contributed by atoms with Crippen LogP contribution in [0, 0.1) is 5.82 Å². The van der Waals surface area contributed by atoms with Gasteiger partial charge in [0.2, 0.25) is 0 Å². The molecule has 2 rings (SSSR count). The van der Waals surface area contributed by atoms with Crippen molar-refractivity contribution in [2.45, 2.75) is 19.5 Å². The number of halogens is 2. The van der Waals surface area contributed by atoms with Gasteiger partial charge in [-0.1, -0.05) is 12.1 Å².